The highest BCUT2D eigenvalue weighted by Gasteiger charge is 2.23. The molecule has 132 valence electrons. The number of benzene rings is 1. The summed E-state index contributed by atoms with van der Waals surface area (Å²) in [5.74, 6) is 0.551. The van der Waals surface area contributed by atoms with Gasteiger partial charge in [0, 0.05) is 29.0 Å². The van der Waals surface area contributed by atoms with Crippen LogP contribution in [0.25, 0.3) is 0 Å². The fourth-order valence-electron chi connectivity index (χ4n) is 2.50. The van der Waals surface area contributed by atoms with Gasteiger partial charge in [0.25, 0.3) is 0 Å². The van der Waals surface area contributed by atoms with Crippen LogP contribution in [-0.2, 0) is 9.59 Å². The highest BCUT2D eigenvalue weighted by Crippen LogP contribution is 2.36. The lowest BCUT2D eigenvalue weighted by Crippen LogP contribution is -2.36. The minimum atomic E-state index is -0.421. The molecular weight excluding hydrogens is 327 g/mol. The minimum absolute atomic E-state index is 0.0170. The highest BCUT2D eigenvalue weighted by molar-refractivity contribution is 7.99. The van der Waals surface area contributed by atoms with Gasteiger partial charge in [-0.15, -0.1) is 11.8 Å². The zero-order valence-corrected chi connectivity index (χ0v) is 15.3. The normalized spacial score (nSPS) is 17.1. The number of hydrogen-bond donors (Lipinski definition) is 2. The highest BCUT2D eigenvalue weighted by atomic mass is 32.2. The summed E-state index contributed by atoms with van der Waals surface area (Å²) in [7, 11) is 0. The van der Waals surface area contributed by atoms with E-state index >= 15 is 0 Å². The third kappa shape index (κ3) is 5.23. The van der Waals surface area contributed by atoms with Crippen molar-refractivity contribution < 1.29 is 14.0 Å². The van der Waals surface area contributed by atoms with Gasteiger partial charge < -0.3 is 10.6 Å². The van der Waals surface area contributed by atoms with Gasteiger partial charge in [-0.25, -0.2) is 4.39 Å². The second-order valence-electron chi connectivity index (χ2n) is 7.05. The quantitative estimate of drug-likeness (QED) is 0.798. The first kappa shape index (κ1) is 18.8. The molecule has 1 aromatic carbocycles. The van der Waals surface area contributed by atoms with Crippen LogP contribution < -0.4 is 10.6 Å². The van der Waals surface area contributed by atoms with Crippen LogP contribution in [0.2, 0.25) is 0 Å². The summed E-state index contributed by atoms with van der Waals surface area (Å²) in [5.41, 5.74) is 0.441. The van der Waals surface area contributed by atoms with Crippen LogP contribution in [0.3, 0.4) is 0 Å². The van der Waals surface area contributed by atoms with Crippen LogP contribution in [0.5, 0.6) is 0 Å². The molecule has 0 aromatic heterocycles. The zero-order chi connectivity index (χ0) is 17.7. The van der Waals surface area contributed by atoms with Crippen molar-refractivity contribution in [3.63, 3.8) is 0 Å². The van der Waals surface area contributed by atoms with E-state index < -0.39 is 5.41 Å². The molecule has 1 unspecified atom stereocenters. The molecule has 0 saturated carbocycles. The number of fused-ring (bicyclic) bond motifs is 1. The van der Waals surface area contributed by atoms with Crippen molar-refractivity contribution in [1.82, 2.24) is 10.6 Å². The summed E-state index contributed by atoms with van der Waals surface area (Å²) in [6, 6.07) is 4.60. The van der Waals surface area contributed by atoms with Crippen molar-refractivity contribution in [3.05, 3.63) is 29.6 Å². The second-order valence-corrected chi connectivity index (χ2v) is 8.19. The van der Waals surface area contributed by atoms with E-state index in [2.05, 4.69) is 10.6 Å². The Morgan fingerprint density at radius 1 is 1.33 bits per heavy atom. The zero-order valence-electron chi connectivity index (χ0n) is 14.4. The number of rotatable bonds is 5. The van der Waals surface area contributed by atoms with E-state index in [1.165, 1.54) is 12.1 Å². The summed E-state index contributed by atoms with van der Waals surface area (Å²) in [6.45, 7) is 6.04. The Balaban J connectivity index is 1.80. The van der Waals surface area contributed by atoms with Gasteiger partial charge in [-0.05, 0) is 36.6 Å². The molecule has 1 heterocycles. The van der Waals surface area contributed by atoms with Crippen molar-refractivity contribution in [2.24, 2.45) is 5.41 Å². The standard InChI is InChI=1S/C18H25FN2O2S/c1-18(2,3)17(23)20-9-4-5-16(22)21-14-8-10-24-15-7-6-12(19)11-13(14)15/h6-7,11,14H,4-5,8-10H2,1-3H3,(H,20,23)(H,21,22). The molecule has 6 heteroatoms. The molecule has 2 N–H and O–H groups in total. The molecule has 0 spiro atoms. The van der Waals surface area contributed by atoms with Crippen LogP contribution in [0.1, 0.15) is 51.6 Å². The van der Waals surface area contributed by atoms with Crippen molar-refractivity contribution in [2.75, 3.05) is 12.3 Å². The average Bonchev–Trinajstić information content (AvgIpc) is 2.51. The topological polar surface area (TPSA) is 58.2 Å². The third-order valence-corrected chi connectivity index (χ3v) is 5.02. The first-order chi connectivity index (χ1) is 11.3. The first-order valence-corrected chi connectivity index (χ1v) is 9.26. The average molecular weight is 352 g/mol. The first-order valence-electron chi connectivity index (χ1n) is 8.27. The molecule has 0 bridgehead atoms. The number of hydrogen-bond acceptors (Lipinski definition) is 3. The number of halogens is 1. The maximum atomic E-state index is 13.5. The van der Waals surface area contributed by atoms with Gasteiger partial charge in [0.05, 0.1) is 6.04 Å². The maximum absolute atomic E-state index is 13.5. The molecule has 24 heavy (non-hydrogen) atoms. The molecule has 0 fully saturated rings. The Morgan fingerprint density at radius 3 is 2.79 bits per heavy atom. The summed E-state index contributed by atoms with van der Waals surface area (Å²) >= 11 is 1.69. The van der Waals surface area contributed by atoms with E-state index in [0.717, 1.165) is 22.6 Å². The lowest BCUT2D eigenvalue weighted by Gasteiger charge is -2.26. The molecule has 4 nitrogen and oxygen atoms in total. The molecule has 0 saturated heterocycles. The molecule has 1 aromatic rings. The lowest BCUT2D eigenvalue weighted by atomic mass is 9.96. The van der Waals surface area contributed by atoms with Gasteiger partial charge in [-0.3, -0.25) is 9.59 Å². The number of thioether (sulfide) groups is 1. The van der Waals surface area contributed by atoms with Gasteiger partial charge in [0.1, 0.15) is 5.82 Å². The SMILES string of the molecule is CC(C)(C)C(=O)NCCCC(=O)NC1CCSc2ccc(F)cc21. The molecule has 2 amide bonds. The van der Waals surface area contributed by atoms with Gasteiger partial charge in [0.2, 0.25) is 11.8 Å². The third-order valence-electron chi connectivity index (χ3n) is 3.89. The number of carbonyl (C=O) groups is 2. The monoisotopic (exact) mass is 352 g/mol. The van der Waals surface area contributed by atoms with Gasteiger partial charge in [-0.1, -0.05) is 20.8 Å². The van der Waals surface area contributed by atoms with Gasteiger partial charge >= 0.3 is 0 Å². The Labute approximate surface area is 147 Å². The van der Waals surface area contributed by atoms with Crippen LogP contribution in [0.15, 0.2) is 23.1 Å². The van der Waals surface area contributed by atoms with Crippen molar-refractivity contribution >= 4 is 23.6 Å². The summed E-state index contributed by atoms with van der Waals surface area (Å²) in [5, 5.41) is 5.82. The maximum Gasteiger partial charge on any atom is 0.225 e. The molecule has 1 aliphatic heterocycles. The molecule has 2 rings (SSSR count). The van der Waals surface area contributed by atoms with Crippen LogP contribution in [0.4, 0.5) is 4.39 Å². The van der Waals surface area contributed by atoms with Crippen LogP contribution in [-0.4, -0.2) is 24.1 Å². The summed E-state index contributed by atoms with van der Waals surface area (Å²) in [6.07, 6.45) is 1.73. The van der Waals surface area contributed by atoms with Crippen molar-refractivity contribution in [3.8, 4) is 0 Å². The van der Waals surface area contributed by atoms with Crippen molar-refractivity contribution in [1.29, 1.82) is 0 Å². The molecular formula is C18H25FN2O2S. The Morgan fingerprint density at radius 2 is 2.08 bits per heavy atom. The van der Waals surface area contributed by atoms with Crippen molar-refractivity contribution in [2.45, 2.75) is 51.0 Å². The predicted molar refractivity (Wildman–Crippen MR) is 94.3 cm³/mol. The van der Waals surface area contributed by atoms with Crippen LogP contribution in [0, 0.1) is 11.2 Å². The summed E-state index contributed by atoms with van der Waals surface area (Å²) < 4.78 is 13.5. The second kappa shape index (κ2) is 8.01. The number of amides is 2. The Bertz CT molecular complexity index is 614. The minimum Gasteiger partial charge on any atom is -0.356 e. The van der Waals surface area contributed by atoms with E-state index in [-0.39, 0.29) is 23.7 Å². The van der Waals surface area contributed by atoms with E-state index in [4.69, 9.17) is 0 Å². The Kier molecular flexibility index (Phi) is 6.27. The van der Waals surface area contributed by atoms with E-state index in [1.54, 1.807) is 17.8 Å². The number of carbonyl (C=O) groups excluding carboxylic acids is 2. The molecule has 1 atom stereocenters. The predicted octanol–water partition coefficient (Wildman–Crippen LogP) is 3.42. The number of nitrogens with one attached hydrogen (secondary N) is 2. The Hall–Kier alpha value is -1.56. The molecule has 0 aliphatic carbocycles. The van der Waals surface area contributed by atoms with Crippen LogP contribution >= 0.6 is 11.8 Å². The van der Waals surface area contributed by atoms with Gasteiger partial charge in [-0.2, -0.15) is 0 Å². The van der Waals surface area contributed by atoms with E-state index in [0.29, 0.717) is 19.4 Å². The van der Waals surface area contributed by atoms with E-state index in [9.17, 15) is 14.0 Å². The fourth-order valence-corrected chi connectivity index (χ4v) is 3.60. The lowest BCUT2D eigenvalue weighted by molar-refractivity contribution is -0.128. The molecule has 0 radical (unpaired) electrons. The smallest absolute Gasteiger partial charge is 0.225 e. The fraction of sp³-hybridized carbons (Fsp3) is 0.556. The largest absolute Gasteiger partial charge is 0.356 e. The summed E-state index contributed by atoms with van der Waals surface area (Å²) in [4.78, 5) is 24.9. The van der Waals surface area contributed by atoms with Gasteiger partial charge in [0.15, 0.2) is 0 Å². The van der Waals surface area contributed by atoms with E-state index in [1.807, 2.05) is 20.8 Å². The molecule has 1 aliphatic rings.